The first-order chi connectivity index (χ1) is 9.33. The van der Waals surface area contributed by atoms with Crippen molar-refractivity contribution in [1.82, 2.24) is 0 Å². The summed E-state index contributed by atoms with van der Waals surface area (Å²) in [7, 11) is -3.32. The van der Waals surface area contributed by atoms with Gasteiger partial charge in [0.15, 0.2) is 0 Å². The van der Waals surface area contributed by atoms with Gasteiger partial charge in [0.2, 0.25) is 10.0 Å². The Morgan fingerprint density at radius 1 is 1.25 bits per heavy atom. The SMILES string of the molecule is Cc1ccc(CNc2ccc(NS(C)(=O)=O)c(Cl)c2)s1. The minimum absolute atomic E-state index is 0.364. The van der Waals surface area contributed by atoms with Gasteiger partial charge >= 0.3 is 0 Å². The van der Waals surface area contributed by atoms with Gasteiger partial charge in [-0.2, -0.15) is 0 Å². The van der Waals surface area contributed by atoms with E-state index in [0.717, 1.165) is 11.9 Å². The Hall–Kier alpha value is -1.24. The fourth-order valence-corrected chi connectivity index (χ4v) is 3.37. The molecule has 1 aromatic carbocycles. The number of aryl methyl sites for hydroxylation is 1. The summed E-state index contributed by atoms with van der Waals surface area (Å²) in [5, 5.41) is 3.62. The maximum atomic E-state index is 11.2. The Kier molecular flexibility index (Phi) is 4.57. The van der Waals surface area contributed by atoms with Crippen molar-refractivity contribution in [1.29, 1.82) is 0 Å². The molecule has 0 radical (unpaired) electrons. The maximum absolute atomic E-state index is 11.2. The molecule has 1 heterocycles. The van der Waals surface area contributed by atoms with Crippen molar-refractivity contribution in [2.45, 2.75) is 13.5 Å². The molecule has 2 rings (SSSR count). The third-order valence-electron chi connectivity index (χ3n) is 2.53. The van der Waals surface area contributed by atoms with E-state index in [0.29, 0.717) is 17.3 Å². The standard InChI is InChI=1S/C13H15ClN2O2S2/c1-9-3-5-11(19-9)8-15-10-4-6-13(12(14)7-10)16-20(2,17)18/h3-7,15-16H,8H2,1-2H3. The first-order valence-electron chi connectivity index (χ1n) is 5.90. The fourth-order valence-electron chi connectivity index (χ4n) is 1.68. The second-order valence-electron chi connectivity index (χ2n) is 4.43. The van der Waals surface area contributed by atoms with Gasteiger partial charge in [0.25, 0.3) is 0 Å². The summed E-state index contributed by atoms with van der Waals surface area (Å²) in [6, 6.07) is 9.29. The topological polar surface area (TPSA) is 58.2 Å². The summed E-state index contributed by atoms with van der Waals surface area (Å²) in [4.78, 5) is 2.50. The molecule has 0 unspecified atom stereocenters. The molecule has 0 aliphatic rings. The Morgan fingerprint density at radius 2 is 2.00 bits per heavy atom. The first-order valence-corrected chi connectivity index (χ1v) is 8.98. The van der Waals surface area contributed by atoms with Gasteiger partial charge in [0, 0.05) is 22.0 Å². The Labute approximate surface area is 127 Å². The first kappa shape index (κ1) is 15.2. The Balaban J connectivity index is 2.05. The van der Waals surface area contributed by atoms with E-state index in [-0.39, 0.29) is 0 Å². The molecule has 0 saturated heterocycles. The zero-order valence-corrected chi connectivity index (χ0v) is 13.5. The summed E-state index contributed by atoms with van der Waals surface area (Å²) in [5.41, 5.74) is 1.23. The van der Waals surface area contributed by atoms with Gasteiger partial charge in [-0.1, -0.05) is 11.6 Å². The number of nitrogens with one attached hydrogen (secondary N) is 2. The van der Waals surface area contributed by atoms with Crippen LogP contribution < -0.4 is 10.0 Å². The van der Waals surface area contributed by atoms with Crippen LogP contribution >= 0.6 is 22.9 Å². The van der Waals surface area contributed by atoms with Crippen LogP contribution in [0.4, 0.5) is 11.4 Å². The van der Waals surface area contributed by atoms with E-state index < -0.39 is 10.0 Å². The highest BCUT2D eigenvalue weighted by Gasteiger charge is 2.07. The largest absolute Gasteiger partial charge is 0.380 e. The Bertz CT molecular complexity index is 711. The van der Waals surface area contributed by atoms with E-state index >= 15 is 0 Å². The van der Waals surface area contributed by atoms with Crippen molar-refractivity contribution in [2.75, 3.05) is 16.3 Å². The monoisotopic (exact) mass is 330 g/mol. The average Bonchev–Trinajstić information content (AvgIpc) is 2.74. The van der Waals surface area contributed by atoms with Gasteiger partial charge in [-0.25, -0.2) is 8.42 Å². The van der Waals surface area contributed by atoms with E-state index in [1.807, 2.05) is 0 Å². The zero-order valence-electron chi connectivity index (χ0n) is 11.1. The normalized spacial score (nSPS) is 11.3. The van der Waals surface area contributed by atoms with E-state index in [9.17, 15) is 8.42 Å². The molecule has 2 N–H and O–H groups in total. The number of anilines is 2. The number of hydrogen-bond donors (Lipinski definition) is 2. The second kappa shape index (κ2) is 6.03. The lowest BCUT2D eigenvalue weighted by Gasteiger charge is -2.09. The van der Waals surface area contributed by atoms with E-state index in [2.05, 4.69) is 29.1 Å². The molecule has 20 heavy (non-hydrogen) atoms. The molecule has 0 saturated carbocycles. The van der Waals surface area contributed by atoms with Gasteiger partial charge in [-0.05, 0) is 37.3 Å². The molecular weight excluding hydrogens is 316 g/mol. The molecule has 0 aliphatic heterocycles. The van der Waals surface area contributed by atoms with Crippen molar-refractivity contribution in [3.63, 3.8) is 0 Å². The number of sulfonamides is 1. The number of rotatable bonds is 5. The van der Waals surface area contributed by atoms with E-state index in [4.69, 9.17) is 11.6 Å². The molecule has 2 aromatic rings. The Morgan fingerprint density at radius 3 is 2.55 bits per heavy atom. The molecule has 0 spiro atoms. The molecule has 0 bridgehead atoms. The number of hydrogen-bond acceptors (Lipinski definition) is 4. The van der Waals surface area contributed by atoms with Crippen molar-refractivity contribution in [3.8, 4) is 0 Å². The molecule has 1 aromatic heterocycles. The number of benzene rings is 1. The number of thiophene rings is 1. The minimum Gasteiger partial charge on any atom is -0.380 e. The van der Waals surface area contributed by atoms with Gasteiger partial charge < -0.3 is 5.32 Å². The van der Waals surface area contributed by atoms with Crippen LogP contribution in [-0.2, 0) is 16.6 Å². The highest BCUT2D eigenvalue weighted by Crippen LogP contribution is 2.27. The van der Waals surface area contributed by atoms with Crippen LogP contribution in [0.2, 0.25) is 5.02 Å². The van der Waals surface area contributed by atoms with Gasteiger partial charge in [0.1, 0.15) is 0 Å². The van der Waals surface area contributed by atoms with Crippen LogP contribution in [0.1, 0.15) is 9.75 Å². The van der Waals surface area contributed by atoms with Crippen LogP contribution in [0.25, 0.3) is 0 Å². The molecule has 108 valence electrons. The average molecular weight is 331 g/mol. The maximum Gasteiger partial charge on any atom is 0.229 e. The fraction of sp³-hybridized carbons (Fsp3) is 0.231. The summed E-state index contributed by atoms with van der Waals surface area (Å²) >= 11 is 7.79. The van der Waals surface area contributed by atoms with Crippen LogP contribution in [0, 0.1) is 6.92 Å². The van der Waals surface area contributed by atoms with Crippen molar-refractivity contribution in [3.05, 3.63) is 45.1 Å². The molecule has 0 amide bonds. The van der Waals surface area contributed by atoms with Crippen molar-refractivity contribution in [2.24, 2.45) is 0 Å². The van der Waals surface area contributed by atoms with Crippen LogP contribution in [0.5, 0.6) is 0 Å². The van der Waals surface area contributed by atoms with Crippen LogP contribution in [0.3, 0.4) is 0 Å². The zero-order chi connectivity index (χ0) is 14.8. The summed E-state index contributed by atoms with van der Waals surface area (Å²) < 4.78 is 24.7. The molecule has 0 fully saturated rings. The van der Waals surface area contributed by atoms with Gasteiger partial charge in [0.05, 0.1) is 17.0 Å². The molecule has 0 atom stereocenters. The molecule has 4 nitrogen and oxygen atoms in total. The second-order valence-corrected chi connectivity index (χ2v) is 7.96. The molecule has 7 heteroatoms. The van der Waals surface area contributed by atoms with Gasteiger partial charge in [-0.3, -0.25) is 4.72 Å². The van der Waals surface area contributed by atoms with Crippen LogP contribution in [-0.4, -0.2) is 14.7 Å². The molecular formula is C13H15ClN2O2S2. The smallest absolute Gasteiger partial charge is 0.229 e. The van der Waals surface area contributed by atoms with Crippen molar-refractivity contribution < 1.29 is 8.42 Å². The molecule has 0 aliphatic carbocycles. The lowest BCUT2D eigenvalue weighted by Crippen LogP contribution is -2.10. The third kappa shape index (κ3) is 4.40. The van der Waals surface area contributed by atoms with Crippen LogP contribution in [0.15, 0.2) is 30.3 Å². The van der Waals surface area contributed by atoms with Gasteiger partial charge in [-0.15, -0.1) is 11.3 Å². The minimum atomic E-state index is -3.32. The third-order valence-corrected chi connectivity index (χ3v) is 4.43. The van der Waals surface area contributed by atoms with E-state index in [1.54, 1.807) is 29.5 Å². The summed E-state index contributed by atoms with van der Waals surface area (Å²) in [6.07, 6.45) is 1.09. The van der Waals surface area contributed by atoms with E-state index in [1.165, 1.54) is 9.75 Å². The number of halogens is 1. The quantitative estimate of drug-likeness (QED) is 0.879. The highest BCUT2D eigenvalue weighted by molar-refractivity contribution is 7.92. The lowest BCUT2D eigenvalue weighted by molar-refractivity contribution is 0.607. The predicted octanol–water partition coefficient (Wildman–Crippen LogP) is 3.69. The van der Waals surface area contributed by atoms with Crippen molar-refractivity contribution >= 4 is 44.3 Å². The lowest BCUT2D eigenvalue weighted by atomic mass is 10.3. The highest BCUT2D eigenvalue weighted by atomic mass is 35.5. The summed E-state index contributed by atoms with van der Waals surface area (Å²) in [6.45, 7) is 2.78. The predicted molar refractivity (Wildman–Crippen MR) is 86.3 cm³/mol. The summed E-state index contributed by atoms with van der Waals surface area (Å²) in [5.74, 6) is 0.